The summed E-state index contributed by atoms with van der Waals surface area (Å²) in [5.74, 6) is -1.74. The molecular formula is C15H14ClF2N. The monoisotopic (exact) mass is 281 g/mol. The second-order valence-electron chi connectivity index (χ2n) is 4.59. The van der Waals surface area contributed by atoms with Gasteiger partial charge in [0.1, 0.15) is 0 Å². The molecule has 2 N–H and O–H groups in total. The van der Waals surface area contributed by atoms with E-state index in [4.69, 9.17) is 17.3 Å². The molecule has 100 valence electrons. The molecule has 4 heteroatoms. The van der Waals surface area contributed by atoms with Gasteiger partial charge in [0.25, 0.3) is 0 Å². The van der Waals surface area contributed by atoms with Crippen LogP contribution in [0.15, 0.2) is 30.3 Å². The smallest absolute Gasteiger partial charge is 0.164 e. The molecule has 2 rings (SSSR count). The van der Waals surface area contributed by atoms with Gasteiger partial charge in [-0.3, -0.25) is 0 Å². The van der Waals surface area contributed by atoms with Gasteiger partial charge in [0.15, 0.2) is 11.6 Å². The fraction of sp³-hybridized carbons (Fsp3) is 0.200. The van der Waals surface area contributed by atoms with E-state index < -0.39 is 17.7 Å². The zero-order chi connectivity index (χ0) is 14.2. The summed E-state index contributed by atoms with van der Waals surface area (Å²) in [5, 5.41) is 0.617. The van der Waals surface area contributed by atoms with Crippen molar-refractivity contribution in [2.24, 2.45) is 5.73 Å². The molecule has 0 bridgehead atoms. The molecule has 0 aliphatic heterocycles. The predicted molar refractivity (Wildman–Crippen MR) is 73.3 cm³/mol. The molecule has 0 aliphatic carbocycles. The minimum atomic E-state index is -0.889. The van der Waals surface area contributed by atoms with Crippen LogP contribution in [0.5, 0.6) is 0 Å². The molecule has 0 heterocycles. The number of hydrogen-bond acceptors (Lipinski definition) is 1. The molecule has 2 aromatic rings. The SMILES string of the molecule is Cc1cc(C(N)c2ccc(C)c(F)c2F)ccc1Cl. The first kappa shape index (κ1) is 14.0. The lowest BCUT2D eigenvalue weighted by Gasteiger charge is -2.15. The van der Waals surface area contributed by atoms with Crippen molar-refractivity contribution < 1.29 is 8.78 Å². The van der Waals surface area contributed by atoms with Crippen molar-refractivity contribution in [3.8, 4) is 0 Å². The first-order valence-electron chi connectivity index (χ1n) is 5.88. The Kier molecular flexibility index (Phi) is 3.88. The minimum Gasteiger partial charge on any atom is -0.320 e. The van der Waals surface area contributed by atoms with Crippen LogP contribution in [0.4, 0.5) is 8.78 Å². The molecule has 1 nitrogen and oxygen atoms in total. The highest BCUT2D eigenvalue weighted by Gasteiger charge is 2.18. The molecule has 0 spiro atoms. The van der Waals surface area contributed by atoms with Crippen LogP contribution in [0, 0.1) is 25.5 Å². The van der Waals surface area contributed by atoms with Crippen LogP contribution in [0.1, 0.15) is 28.3 Å². The van der Waals surface area contributed by atoms with E-state index in [9.17, 15) is 8.78 Å². The van der Waals surface area contributed by atoms with Crippen LogP contribution < -0.4 is 5.73 Å². The van der Waals surface area contributed by atoms with Crippen molar-refractivity contribution in [3.05, 3.63) is 69.2 Å². The van der Waals surface area contributed by atoms with Gasteiger partial charge in [-0.15, -0.1) is 0 Å². The van der Waals surface area contributed by atoms with Crippen LogP contribution in [-0.2, 0) is 0 Å². The molecule has 0 aromatic heterocycles. The number of aryl methyl sites for hydroxylation is 2. The van der Waals surface area contributed by atoms with Crippen LogP contribution in [0.3, 0.4) is 0 Å². The Morgan fingerprint density at radius 3 is 2.32 bits per heavy atom. The topological polar surface area (TPSA) is 26.0 Å². The van der Waals surface area contributed by atoms with E-state index in [-0.39, 0.29) is 11.1 Å². The van der Waals surface area contributed by atoms with Crippen LogP contribution >= 0.6 is 11.6 Å². The fourth-order valence-corrected chi connectivity index (χ4v) is 2.06. The molecule has 0 fully saturated rings. The maximum atomic E-state index is 13.9. The van der Waals surface area contributed by atoms with E-state index in [0.717, 1.165) is 5.56 Å². The largest absolute Gasteiger partial charge is 0.320 e. The van der Waals surface area contributed by atoms with Gasteiger partial charge < -0.3 is 5.73 Å². The lowest BCUT2D eigenvalue weighted by molar-refractivity contribution is 0.489. The maximum Gasteiger partial charge on any atom is 0.164 e. The van der Waals surface area contributed by atoms with E-state index >= 15 is 0 Å². The lowest BCUT2D eigenvalue weighted by Crippen LogP contribution is -2.15. The standard InChI is InChI=1S/C15H14ClF2N/c1-8-3-5-11(14(18)13(8)17)15(19)10-4-6-12(16)9(2)7-10/h3-7,15H,19H2,1-2H3. The molecule has 0 saturated heterocycles. The van der Waals surface area contributed by atoms with Crippen molar-refractivity contribution in [2.75, 3.05) is 0 Å². The number of rotatable bonds is 2. The summed E-state index contributed by atoms with van der Waals surface area (Å²) in [6, 6.07) is 7.53. The minimum absolute atomic E-state index is 0.143. The summed E-state index contributed by atoms with van der Waals surface area (Å²) in [6.45, 7) is 3.35. The summed E-state index contributed by atoms with van der Waals surface area (Å²) in [4.78, 5) is 0. The highest BCUT2D eigenvalue weighted by atomic mass is 35.5. The molecule has 0 saturated carbocycles. The fourth-order valence-electron chi connectivity index (χ4n) is 1.94. The number of nitrogens with two attached hydrogens (primary N) is 1. The first-order chi connectivity index (χ1) is 8.91. The number of halogens is 3. The second-order valence-corrected chi connectivity index (χ2v) is 4.99. The molecule has 19 heavy (non-hydrogen) atoms. The van der Waals surface area contributed by atoms with Gasteiger partial charge in [-0.1, -0.05) is 35.9 Å². The zero-order valence-electron chi connectivity index (χ0n) is 10.7. The number of hydrogen-bond donors (Lipinski definition) is 1. The van der Waals surface area contributed by atoms with Crippen molar-refractivity contribution >= 4 is 11.6 Å². The van der Waals surface area contributed by atoms with E-state index in [1.54, 1.807) is 18.2 Å². The van der Waals surface area contributed by atoms with Gasteiger partial charge in [0.2, 0.25) is 0 Å². The molecule has 0 aliphatic rings. The van der Waals surface area contributed by atoms with Gasteiger partial charge in [0, 0.05) is 10.6 Å². The van der Waals surface area contributed by atoms with Gasteiger partial charge in [-0.05, 0) is 36.6 Å². The Balaban J connectivity index is 2.47. The molecule has 0 amide bonds. The highest BCUT2D eigenvalue weighted by molar-refractivity contribution is 6.31. The van der Waals surface area contributed by atoms with Crippen LogP contribution in [-0.4, -0.2) is 0 Å². The second kappa shape index (κ2) is 5.27. The third kappa shape index (κ3) is 2.62. The Bertz CT molecular complexity index is 626. The Labute approximate surface area is 116 Å². The molecule has 1 atom stereocenters. The summed E-state index contributed by atoms with van der Waals surface area (Å²) in [7, 11) is 0. The first-order valence-corrected chi connectivity index (χ1v) is 6.25. The van der Waals surface area contributed by atoms with Crippen molar-refractivity contribution in [2.45, 2.75) is 19.9 Å². The Morgan fingerprint density at radius 2 is 1.68 bits per heavy atom. The highest BCUT2D eigenvalue weighted by Crippen LogP contribution is 2.27. The molecule has 2 aromatic carbocycles. The predicted octanol–water partition coefficient (Wildman–Crippen LogP) is 4.28. The third-order valence-corrected chi connectivity index (χ3v) is 3.61. The summed E-state index contributed by atoms with van der Waals surface area (Å²) in [6.07, 6.45) is 0. The summed E-state index contributed by atoms with van der Waals surface area (Å²) >= 11 is 5.93. The van der Waals surface area contributed by atoms with Gasteiger partial charge in [0.05, 0.1) is 6.04 Å². The zero-order valence-corrected chi connectivity index (χ0v) is 11.4. The van der Waals surface area contributed by atoms with Crippen LogP contribution in [0.2, 0.25) is 5.02 Å². The summed E-state index contributed by atoms with van der Waals surface area (Å²) in [5.41, 5.74) is 7.96. The van der Waals surface area contributed by atoms with Gasteiger partial charge in [-0.25, -0.2) is 8.78 Å². The van der Waals surface area contributed by atoms with Gasteiger partial charge >= 0.3 is 0 Å². The van der Waals surface area contributed by atoms with Crippen molar-refractivity contribution in [3.63, 3.8) is 0 Å². The lowest BCUT2D eigenvalue weighted by atomic mass is 9.96. The molecule has 0 radical (unpaired) electrons. The molecule has 1 unspecified atom stereocenters. The van der Waals surface area contributed by atoms with E-state index in [0.29, 0.717) is 10.6 Å². The Morgan fingerprint density at radius 1 is 1.00 bits per heavy atom. The maximum absolute atomic E-state index is 13.9. The molecular weight excluding hydrogens is 268 g/mol. The average molecular weight is 282 g/mol. The van der Waals surface area contributed by atoms with Crippen molar-refractivity contribution in [1.29, 1.82) is 0 Å². The summed E-state index contributed by atoms with van der Waals surface area (Å²) < 4.78 is 27.5. The van der Waals surface area contributed by atoms with E-state index in [1.165, 1.54) is 19.1 Å². The quantitative estimate of drug-likeness (QED) is 0.873. The van der Waals surface area contributed by atoms with E-state index in [2.05, 4.69) is 0 Å². The third-order valence-electron chi connectivity index (χ3n) is 3.18. The van der Waals surface area contributed by atoms with E-state index in [1.807, 2.05) is 6.92 Å². The number of benzene rings is 2. The van der Waals surface area contributed by atoms with Crippen LogP contribution in [0.25, 0.3) is 0 Å². The van der Waals surface area contributed by atoms with Gasteiger partial charge in [-0.2, -0.15) is 0 Å². The normalized spacial score (nSPS) is 12.5. The van der Waals surface area contributed by atoms with Crippen molar-refractivity contribution in [1.82, 2.24) is 0 Å². The average Bonchev–Trinajstić information content (AvgIpc) is 2.39. The Hall–Kier alpha value is -1.45.